The van der Waals surface area contributed by atoms with Crippen LogP contribution in [0.15, 0.2) is 36.4 Å². The summed E-state index contributed by atoms with van der Waals surface area (Å²) >= 11 is 0. The quantitative estimate of drug-likeness (QED) is 0.850. The lowest BCUT2D eigenvalue weighted by Crippen LogP contribution is -2.19. The van der Waals surface area contributed by atoms with Gasteiger partial charge in [0.05, 0.1) is 6.10 Å². The Balaban J connectivity index is 1.94. The van der Waals surface area contributed by atoms with Gasteiger partial charge in [0.2, 0.25) is 0 Å². The van der Waals surface area contributed by atoms with E-state index in [1.165, 1.54) is 6.07 Å². The minimum atomic E-state index is -0.547. The highest BCUT2D eigenvalue weighted by Gasteiger charge is 2.28. The minimum Gasteiger partial charge on any atom is -0.485 e. The molecule has 3 rings (SSSR count). The summed E-state index contributed by atoms with van der Waals surface area (Å²) in [7, 11) is 0. The van der Waals surface area contributed by atoms with Gasteiger partial charge < -0.3 is 9.84 Å². The molecule has 1 aliphatic rings. The van der Waals surface area contributed by atoms with Gasteiger partial charge in [-0.15, -0.1) is 0 Å². The maximum Gasteiger partial charge on any atom is 0.127 e. The Bertz CT molecular complexity index is 651. The standard InChI is InChI=1S/C17H17FO2/c1-10-3-6-16-13(7-10)15(19)9-17(20-16)12-4-5-14(18)11(2)8-12/h3-8,15,17,19H,9H2,1-2H3. The fourth-order valence-electron chi connectivity index (χ4n) is 2.64. The molecule has 0 saturated heterocycles. The van der Waals surface area contributed by atoms with E-state index < -0.39 is 6.10 Å². The van der Waals surface area contributed by atoms with Gasteiger partial charge in [-0.05, 0) is 49.2 Å². The first-order valence-corrected chi connectivity index (χ1v) is 6.76. The Morgan fingerprint density at radius 2 is 1.95 bits per heavy atom. The van der Waals surface area contributed by atoms with Crippen molar-refractivity contribution >= 4 is 0 Å². The molecule has 0 saturated carbocycles. The highest BCUT2D eigenvalue weighted by atomic mass is 19.1. The highest BCUT2D eigenvalue weighted by Crippen LogP contribution is 2.41. The number of fused-ring (bicyclic) bond motifs is 1. The molecule has 2 aromatic rings. The van der Waals surface area contributed by atoms with Gasteiger partial charge >= 0.3 is 0 Å². The van der Waals surface area contributed by atoms with Gasteiger partial charge in [0, 0.05) is 12.0 Å². The zero-order valence-electron chi connectivity index (χ0n) is 11.6. The van der Waals surface area contributed by atoms with E-state index in [-0.39, 0.29) is 11.9 Å². The highest BCUT2D eigenvalue weighted by molar-refractivity contribution is 5.41. The second-order valence-electron chi connectivity index (χ2n) is 5.41. The summed E-state index contributed by atoms with van der Waals surface area (Å²) in [6.07, 6.45) is -0.296. The normalized spacial score (nSPS) is 21.2. The third-order valence-corrected chi connectivity index (χ3v) is 3.78. The Kier molecular flexibility index (Phi) is 3.22. The Morgan fingerprint density at radius 1 is 1.15 bits per heavy atom. The fourth-order valence-corrected chi connectivity index (χ4v) is 2.64. The zero-order chi connectivity index (χ0) is 14.3. The minimum absolute atomic E-state index is 0.221. The Labute approximate surface area is 117 Å². The van der Waals surface area contributed by atoms with Gasteiger partial charge in [0.1, 0.15) is 17.7 Å². The molecule has 0 spiro atoms. The van der Waals surface area contributed by atoms with Crippen LogP contribution in [0.2, 0.25) is 0 Å². The molecule has 2 aromatic carbocycles. The number of ether oxygens (including phenoxy) is 1. The van der Waals surface area contributed by atoms with Crippen molar-refractivity contribution in [2.24, 2.45) is 0 Å². The summed E-state index contributed by atoms with van der Waals surface area (Å²) in [4.78, 5) is 0. The van der Waals surface area contributed by atoms with Gasteiger partial charge in [-0.2, -0.15) is 0 Å². The molecule has 20 heavy (non-hydrogen) atoms. The lowest BCUT2D eigenvalue weighted by Gasteiger charge is -2.30. The van der Waals surface area contributed by atoms with Crippen LogP contribution in [0.3, 0.4) is 0 Å². The molecule has 1 heterocycles. The van der Waals surface area contributed by atoms with Crippen LogP contribution in [-0.2, 0) is 0 Å². The first kappa shape index (κ1) is 13.1. The number of aryl methyl sites for hydroxylation is 2. The van der Waals surface area contributed by atoms with Crippen LogP contribution >= 0.6 is 0 Å². The molecule has 2 nitrogen and oxygen atoms in total. The van der Waals surface area contributed by atoms with Crippen LogP contribution in [0.4, 0.5) is 4.39 Å². The molecule has 2 atom stereocenters. The number of benzene rings is 2. The summed E-state index contributed by atoms with van der Waals surface area (Å²) in [6, 6.07) is 10.8. The van der Waals surface area contributed by atoms with Crippen molar-refractivity contribution in [3.63, 3.8) is 0 Å². The third-order valence-electron chi connectivity index (χ3n) is 3.78. The molecule has 3 heteroatoms. The van der Waals surface area contributed by atoms with Crippen molar-refractivity contribution in [2.45, 2.75) is 32.5 Å². The largest absolute Gasteiger partial charge is 0.485 e. The summed E-state index contributed by atoms with van der Waals surface area (Å²) in [5.74, 6) is 0.488. The molecular weight excluding hydrogens is 255 g/mol. The number of halogens is 1. The van der Waals surface area contributed by atoms with Crippen molar-refractivity contribution in [3.05, 3.63) is 64.5 Å². The summed E-state index contributed by atoms with van der Waals surface area (Å²) < 4.78 is 19.3. The molecule has 104 valence electrons. The van der Waals surface area contributed by atoms with Gasteiger partial charge in [-0.3, -0.25) is 0 Å². The van der Waals surface area contributed by atoms with Gasteiger partial charge in [-0.25, -0.2) is 4.39 Å². The van der Waals surface area contributed by atoms with Crippen LogP contribution < -0.4 is 4.74 Å². The van der Waals surface area contributed by atoms with E-state index in [9.17, 15) is 9.50 Å². The van der Waals surface area contributed by atoms with Crippen molar-refractivity contribution in [3.8, 4) is 5.75 Å². The molecule has 0 bridgehead atoms. The van der Waals surface area contributed by atoms with Crippen LogP contribution in [0.5, 0.6) is 5.75 Å². The van der Waals surface area contributed by atoms with Crippen molar-refractivity contribution in [2.75, 3.05) is 0 Å². The number of hydrogen-bond acceptors (Lipinski definition) is 2. The maximum atomic E-state index is 13.3. The van der Waals surface area contributed by atoms with E-state index >= 15 is 0 Å². The molecule has 0 radical (unpaired) electrons. The van der Waals surface area contributed by atoms with Gasteiger partial charge in [0.25, 0.3) is 0 Å². The van der Waals surface area contributed by atoms with Crippen LogP contribution in [0.1, 0.15) is 40.9 Å². The smallest absolute Gasteiger partial charge is 0.127 e. The van der Waals surface area contributed by atoms with Gasteiger partial charge in [0.15, 0.2) is 0 Å². The van der Waals surface area contributed by atoms with E-state index in [0.717, 1.165) is 16.7 Å². The van der Waals surface area contributed by atoms with E-state index in [1.54, 1.807) is 19.1 Å². The molecule has 0 aromatic heterocycles. The number of aliphatic hydroxyl groups excluding tert-OH is 1. The number of aliphatic hydroxyl groups is 1. The molecule has 1 aliphatic heterocycles. The third kappa shape index (κ3) is 2.29. The molecule has 1 N–H and O–H groups in total. The monoisotopic (exact) mass is 272 g/mol. The number of rotatable bonds is 1. The summed E-state index contributed by atoms with van der Waals surface area (Å²) in [5, 5.41) is 10.3. The molecular formula is C17H17FO2. The van der Waals surface area contributed by atoms with Crippen molar-refractivity contribution < 1.29 is 14.2 Å². The average molecular weight is 272 g/mol. The van der Waals surface area contributed by atoms with Crippen LogP contribution in [0.25, 0.3) is 0 Å². The fraction of sp³-hybridized carbons (Fsp3) is 0.294. The zero-order valence-corrected chi connectivity index (χ0v) is 11.6. The topological polar surface area (TPSA) is 29.5 Å². The van der Waals surface area contributed by atoms with E-state index in [1.807, 2.05) is 25.1 Å². The predicted octanol–water partition coefficient (Wildman–Crippen LogP) is 4.00. The average Bonchev–Trinajstić information content (AvgIpc) is 2.42. The van der Waals surface area contributed by atoms with Crippen molar-refractivity contribution in [1.82, 2.24) is 0 Å². The van der Waals surface area contributed by atoms with Crippen LogP contribution in [0, 0.1) is 19.7 Å². The SMILES string of the molecule is Cc1ccc2c(c1)C(O)CC(c1ccc(F)c(C)c1)O2. The molecule has 0 amide bonds. The molecule has 2 unspecified atom stereocenters. The summed E-state index contributed by atoms with van der Waals surface area (Å²) in [5.41, 5.74) is 3.42. The maximum absolute atomic E-state index is 13.3. The van der Waals surface area contributed by atoms with Crippen LogP contribution in [-0.4, -0.2) is 5.11 Å². The Morgan fingerprint density at radius 3 is 2.70 bits per heavy atom. The Hall–Kier alpha value is -1.87. The number of hydrogen-bond donors (Lipinski definition) is 1. The lowest BCUT2D eigenvalue weighted by atomic mass is 9.93. The van der Waals surface area contributed by atoms with E-state index in [2.05, 4.69) is 0 Å². The van der Waals surface area contributed by atoms with E-state index in [4.69, 9.17) is 4.74 Å². The molecule has 0 fully saturated rings. The lowest BCUT2D eigenvalue weighted by molar-refractivity contribution is 0.0656. The predicted molar refractivity (Wildman–Crippen MR) is 75.3 cm³/mol. The summed E-state index contributed by atoms with van der Waals surface area (Å²) in [6.45, 7) is 3.72. The second kappa shape index (κ2) is 4.91. The first-order chi connectivity index (χ1) is 9.54. The molecule has 0 aliphatic carbocycles. The van der Waals surface area contributed by atoms with E-state index in [0.29, 0.717) is 17.7 Å². The van der Waals surface area contributed by atoms with Crippen molar-refractivity contribution in [1.29, 1.82) is 0 Å². The second-order valence-corrected chi connectivity index (χ2v) is 5.41. The first-order valence-electron chi connectivity index (χ1n) is 6.76. The van der Waals surface area contributed by atoms with Gasteiger partial charge in [-0.1, -0.05) is 17.7 Å².